The van der Waals surface area contributed by atoms with Crippen molar-refractivity contribution in [2.24, 2.45) is 0 Å². The van der Waals surface area contributed by atoms with Crippen LogP contribution in [0.2, 0.25) is 0 Å². The van der Waals surface area contributed by atoms with Crippen molar-refractivity contribution in [3.8, 4) is 0 Å². The Morgan fingerprint density at radius 3 is 2.30 bits per heavy atom. The summed E-state index contributed by atoms with van der Waals surface area (Å²) in [6.45, 7) is 6.48. The molecule has 0 aliphatic carbocycles. The van der Waals surface area contributed by atoms with Gasteiger partial charge in [-0.15, -0.1) is 0 Å². The van der Waals surface area contributed by atoms with Gasteiger partial charge < -0.3 is 4.74 Å². The van der Waals surface area contributed by atoms with Crippen molar-refractivity contribution in [1.82, 2.24) is 0 Å². The summed E-state index contributed by atoms with van der Waals surface area (Å²) in [4.78, 5) is 11.8. The van der Waals surface area contributed by atoms with Gasteiger partial charge in [0.05, 0.1) is 0 Å². The first-order valence-electron chi connectivity index (χ1n) is 8.59. The second-order valence-electron chi connectivity index (χ2n) is 5.53. The van der Waals surface area contributed by atoms with Crippen LogP contribution < -0.4 is 0 Å². The second-order valence-corrected chi connectivity index (χ2v) is 5.53. The third-order valence-electron chi connectivity index (χ3n) is 3.44. The second kappa shape index (κ2) is 14.6. The number of unbranched alkanes of at least 4 members (excludes halogenated alkanes) is 5. The highest BCUT2D eigenvalue weighted by atomic mass is 16.5. The van der Waals surface area contributed by atoms with Crippen LogP contribution in [0.1, 0.15) is 91.4 Å². The van der Waals surface area contributed by atoms with E-state index in [-0.39, 0.29) is 12.1 Å². The van der Waals surface area contributed by atoms with Crippen molar-refractivity contribution in [1.29, 1.82) is 0 Å². The van der Waals surface area contributed by atoms with Gasteiger partial charge >= 0.3 is 5.97 Å². The van der Waals surface area contributed by atoms with E-state index in [1.54, 1.807) is 0 Å². The zero-order chi connectivity index (χ0) is 15.1. The fourth-order valence-electron chi connectivity index (χ4n) is 2.26. The Morgan fingerprint density at radius 1 is 0.950 bits per heavy atom. The molecule has 0 aromatic heterocycles. The van der Waals surface area contributed by atoms with E-state index in [4.69, 9.17) is 4.74 Å². The number of rotatable bonds is 13. The molecule has 2 nitrogen and oxygen atoms in total. The first-order valence-corrected chi connectivity index (χ1v) is 8.59. The number of ether oxygens (including phenoxy) is 1. The van der Waals surface area contributed by atoms with Crippen molar-refractivity contribution in [2.75, 3.05) is 0 Å². The minimum atomic E-state index is -0.0103. The van der Waals surface area contributed by atoms with Gasteiger partial charge in [-0.25, -0.2) is 0 Å². The topological polar surface area (TPSA) is 26.3 Å². The van der Waals surface area contributed by atoms with Crippen molar-refractivity contribution in [3.63, 3.8) is 0 Å². The van der Waals surface area contributed by atoms with Crippen LogP contribution >= 0.6 is 0 Å². The molecule has 1 unspecified atom stereocenters. The summed E-state index contributed by atoms with van der Waals surface area (Å²) in [5.41, 5.74) is 0. The molecule has 0 aromatic rings. The highest BCUT2D eigenvalue weighted by Crippen LogP contribution is 2.12. The lowest BCUT2D eigenvalue weighted by Crippen LogP contribution is -2.17. The van der Waals surface area contributed by atoms with Crippen LogP contribution in [-0.4, -0.2) is 12.1 Å². The maximum absolute atomic E-state index is 11.8. The molecule has 0 rings (SSSR count). The monoisotopic (exact) mass is 282 g/mol. The fraction of sp³-hybridized carbons (Fsp3) is 0.833. The van der Waals surface area contributed by atoms with E-state index in [1.165, 1.54) is 25.7 Å². The maximum Gasteiger partial charge on any atom is 0.306 e. The van der Waals surface area contributed by atoms with E-state index in [2.05, 4.69) is 32.9 Å². The lowest BCUT2D eigenvalue weighted by Gasteiger charge is -2.15. The summed E-state index contributed by atoms with van der Waals surface area (Å²) in [5.74, 6) is -0.0103. The molecule has 118 valence electrons. The Labute approximate surface area is 126 Å². The van der Waals surface area contributed by atoms with Gasteiger partial charge in [0.15, 0.2) is 0 Å². The van der Waals surface area contributed by atoms with Gasteiger partial charge in [-0.3, -0.25) is 4.79 Å². The van der Waals surface area contributed by atoms with Gasteiger partial charge in [-0.05, 0) is 19.3 Å². The molecular formula is C18H34O2. The van der Waals surface area contributed by atoms with E-state index in [1.807, 2.05) is 0 Å². The molecule has 0 saturated heterocycles. The van der Waals surface area contributed by atoms with Crippen LogP contribution in [0.3, 0.4) is 0 Å². The minimum absolute atomic E-state index is 0.0103. The van der Waals surface area contributed by atoms with Crippen LogP contribution in [0.4, 0.5) is 0 Å². The van der Waals surface area contributed by atoms with Crippen molar-refractivity contribution in [2.45, 2.75) is 97.5 Å². The van der Waals surface area contributed by atoms with Crippen molar-refractivity contribution in [3.05, 3.63) is 12.2 Å². The third-order valence-corrected chi connectivity index (χ3v) is 3.44. The third kappa shape index (κ3) is 12.3. The zero-order valence-corrected chi connectivity index (χ0v) is 13.8. The predicted octanol–water partition coefficient (Wildman–Crippen LogP) is 5.81. The normalized spacial score (nSPS) is 12.8. The summed E-state index contributed by atoms with van der Waals surface area (Å²) in [6, 6.07) is 0. The average molecular weight is 282 g/mol. The van der Waals surface area contributed by atoms with E-state index in [0.29, 0.717) is 6.42 Å². The van der Waals surface area contributed by atoms with Gasteiger partial charge in [-0.2, -0.15) is 0 Å². The van der Waals surface area contributed by atoms with Crippen molar-refractivity contribution >= 4 is 5.97 Å². The van der Waals surface area contributed by atoms with Crippen LogP contribution in [0, 0.1) is 0 Å². The number of carbonyl (C=O) groups is 1. The standard InChI is InChI=1S/C18H34O2/c1-4-7-9-10-11-13-16-18(19)20-17(14-6-3)15-12-8-5-2/h8,12,17H,4-7,9-11,13-16H2,1-3H3/b12-8-. The highest BCUT2D eigenvalue weighted by Gasteiger charge is 2.11. The lowest BCUT2D eigenvalue weighted by atomic mass is 10.1. The molecule has 20 heavy (non-hydrogen) atoms. The van der Waals surface area contributed by atoms with E-state index in [9.17, 15) is 4.79 Å². The largest absolute Gasteiger partial charge is 0.462 e. The molecule has 0 fully saturated rings. The molecule has 0 saturated carbocycles. The Kier molecular flexibility index (Phi) is 14.0. The molecule has 0 aromatic carbocycles. The van der Waals surface area contributed by atoms with Crippen LogP contribution in [-0.2, 0) is 9.53 Å². The highest BCUT2D eigenvalue weighted by molar-refractivity contribution is 5.69. The molecule has 0 spiro atoms. The van der Waals surface area contributed by atoms with Gasteiger partial charge in [0, 0.05) is 12.8 Å². The zero-order valence-electron chi connectivity index (χ0n) is 13.8. The summed E-state index contributed by atoms with van der Waals surface area (Å²) in [7, 11) is 0. The van der Waals surface area contributed by atoms with E-state index >= 15 is 0 Å². The van der Waals surface area contributed by atoms with Crippen LogP contribution in [0.5, 0.6) is 0 Å². The average Bonchev–Trinajstić information content (AvgIpc) is 2.43. The Balaban J connectivity index is 3.74. The van der Waals surface area contributed by atoms with Crippen LogP contribution in [0.15, 0.2) is 12.2 Å². The molecule has 0 aliphatic rings. The van der Waals surface area contributed by atoms with Crippen molar-refractivity contribution < 1.29 is 9.53 Å². The predicted molar refractivity (Wildman–Crippen MR) is 86.8 cm³/mol. The summed E-state index contributed by atoms with van der Waals surface area (Å²) >= 11 is 0. The minimum Gasteiger partial charge on any atom is -0.462 e. The van der Waals surface area contributed by atoms with Crippen LogP contribution in [0.25, 0.3) is 0 Å². The summed E-state index contributed by atoms with van der Waals surface area (Å²) in [5, 5.41) is 0. The first-order chi connectivity index (χ1) is 9.74. The molecule has 2 heteroatoms. The molecule has 0 radical (unpaired) electrons. The van der Waals surface area contributed by atoms with E-state index < -0.39 is 0 Å². The molecule has 0 heterocycles. The summed E-state index contributed by atoms with van der Waals surface area (Å²) < 4.78 is 5.58. The molecular weight excluding hydrogens is 248 g/mol. The number of allylic oxidation sites excluding steroid dienone is 1. The molecule has 1 atom stereocenters. The van der Waals surface area contributed by atoms with Gasteiger partial charge in [0.2, 0.25) is 0 Å². The smallest absolute Gasteiger partial charge is 0.306 e. The SMILES string of the molecule is CC/C=C\CC(CCC)OC(=O)CCCCCCCC. The quantitative estimate of drug-likeness (QED) is 0.242. The van der Waals surface area contributed by atoms with Gasteiger partial charge in [-0.1, -0.05) is 71.4 Å². The molecule has 0 aliphatic heterocycles. The van der Waals surface area contributed by atoms with E-state index in [0.717, 1.165) is 38.5 Å². The number of hydrogen-bond acceptors (Lipinski definition) is 2. The maximum atomic E-state index is 11.8. The fourth-order valence-corrected chi connectivity index (χ4v) is 2.26. The number of esters is 1. The Morgan fingerprint density at radius 2 is 1.65 bits per heavy atom. The molecule has 0 bridgehead atoms. The van der Waals surface area contributed by atoms with Gasteiger partial charge in [0.1, 0.15) is 6.10 Å². The lowest BCUT2D eigenvalue weighted by molar-refractivity contribution is -0.149. The summed E-state index contributed by atoms with van der Waals surface area (Å²) in [6.07, 6.45) is 16.2. The number of hydrogen-bond donors (Lipinski definition) is 0. The Bertz CT molecular complexity index is 246. The molecule has 0 amide bonds. The first kappa shape index (κ1) is 19.2. The van der Waals surface area contributed by atoms with Gasteiger partial charge in [0.25, 0.3) is 0 Å². The Hall–Kier alpha value is -0.790. The molecule has 0 N–H and O–H groups in total. The number of carbonyl (C=O) groups excluding carboxylic acids is 1.